The van der Waals surface area contributed by atoms with Crippen molar-refractivity contribution in [3.05, 3.63) is 24.0 Å². The Morgan fingerprint density at radius 3 is 2.33 bits per heavy atom. The molecule has 1 rings (SSSR count). The van der Waals surface area contributed by atoms with Crippen molar-refractivity contribution in [1.29, 1.82) is 0 Å². The fourth-order valence-electron chi connectivity index (χ4n) is 2.19. The molecule has 0 aliphatic carbocycles. The smallest absolute Gasteiger partial charge is 0.240 e. The Labute approximate surface area is 124 Å². The Morgan fingerprint density at radius 2 is 1.86 bits per heavy atom. The van der Waals surface area contributed by atoms with Crippen LogP contribution in [0.3, 0.4) is 0 Å². The second kappa shape index (κ2) is 7.51. The number of nitrogens with two attached hydrogens (primary N) is 1. The molecule has 21 heavy (non-hydrogen) atoms. The molecule has 0 bridgehead atoms. The Bertz CT molecular complexity index is 596. The molecule has 0 radical (unpaired) electrons. The molecule has 1 amide bonds. The maximum absolute atomic E-state index is 13.3. The van der Waals surface area contributed by atoms with Crippen molar-refractivity contribution in [3.63, 3.8) is 0 Å². The molecule has 0 unspecified atom stereocenters. The highest BCUT2D eigenvalue weighted by Gasteiger charge is 2.21. The predicted molar refractivity (Wildman–Crippen MR) is 79.7 cm³/mol. The highest BCUT2D eigenvalue weighted by atomic mass is 32.2. The molecule has 7 heteroatoms. The van der Waals surface area contributed by atoms with Crippen LogP contribution in [-0.4, -0.2) is 14.3 Å². The molecule has 5 nitrogen and oxygen atoms in total. The van der Waals surface area contributed by atoms with E-state index >= 15 is 0 Å². The minimum Gasteiger partial charge on any atom is -0.325 e. The van der Waals surface area contributed by atoms with Crippen LogP contribution in [0.2, 0.25) is 0 Å². The topological polar surface area (TPSA) is 89.3 Å². The molecule has 1 aromatic carbocycles. The van der Waals surface area contributed by atoms with Crippen LogP contribution in [0.1, 0.15) is 39.5 Å². The van der Waals surface area contributed by atoms with Gasteiger partial charge in [0.15, 0.2) is 0 Å². The van der Waals surface area contributed by atoms with Crippen molar-refractivity contribution in [1.82, 2.24) is 0 Å². The van der Waals surface area contributed by atoms with E-state index in [2.05, 4.69) is 5.32 Å². The van der Waals surface area contributed by atoms with E-state index in [1.165, 1.54) is 0 Å². The van der Waals surface area contributed by atoms with Crippen LogP contribution in [0.5, 0.6) is 0 Å². The maximum Gasteiger partial charge on any atom is 0.240 e. The second-order valence-corrected chi connectivity index (χ2v) is 6.48. The van der Waals surface area contributed by atoms with Gasteiger partial charge in [-0.1, -0.05) is 26.7 Å². The lowest BCUT2D eigenvalue weighted by Gasteiger charge is -2.16. The SMILES string of the molecule is CCCC(CCC)C(=O)Nc1cc(F)ccc1S(N)(=O)=O. The first-order valence-electron chi connectivity index (χ1n) is 6.92. The molecule has 0 atom stereocenters. The van der Waals surface area contributed by atoms with E-state index in [-0.39, 0.29) is 22.4 Å². The van der Waals surface area contributed by atoms with E-state index in [9.17, 15) is 17.6 Å². The van der Waals surface area contributed by atoms with E-state index < -0.39 is 15.8 Å². The zero-order valence-electron chi connectivity index (χ0n) is 12.2. The zero-order valence-corrected chi connectivity index (χ0v) is 13.0. The van der Waals surface area contributed by atoms with Gasteiger partial charge in [-0.15, -0.1) is 0 Å². The molecule has 3 N–H and O–H groups in total. The molecular formula is C14H21FN2O3S. The summed E-state index contributed by atoms with van der Waals surface area (Å²) in [4.78, 5) is 11.9. The van der Waals surface area contributed by atoms with Crippen LogP contribution >= 0.6 is 0 Å². The highest BCUT2D eigenvalue weighted by molar-refractivity contribution is 7.89. The second-order valence-electron chi connectivity index (χ2n) is 4.95. The normalized spacial score (nSPS) is 11.7. The summed E-state index contributed by atoms with van der Waals surface area (Å²) in [7, 11) is -4.03. The monoisotopic (exact) mass is 316 g/mol. The van der Waals surface area contributed by atoms with Gasteiger partial charge in [-0.2, -0.15) is 0 Å². The minimum atomic E-state index is -4.03. The predicted octanol–water partition coefficient (Wildman–Crippen LogP) is 2.63. The third kappa shape index (κ3) is 5.09. The van der Waals surface area contributed by atoms with Crippen molar-refractivity contribution >= 4 is 21.6 Å². The molecule has 0 saturated heterocycles. The number of primary sulfonamides is 1. The summed E-state index contributed by atoms with van der Waals surface area (Å²) in [5.41, 5.74) is -0.111. The Hall–Kier alpha value is -1.47. The first kappa shape index (κ1) is 17.6. The van der Waals surface area contributed by atoms with Crippen molar-refractivity contribution in [2.75, 3.05) is 5.32 Å². The first-order chi connectivity index (χ1) is 9.79. The lowest BCUT2D eigenvalue weighted by Crippen LogP contribution is -2.25. The van der Waals surface area contributed by atoms with Gasteiger partial charge in [0.2, 0.25) is 15.9 Å². The van der Waals surface area contributed by atoms with Gasteiger partial charge in [0, 0.05) is 5.92 Å². The van der Waals surface area contributed by atoms with Crippen LogP contribution in [0, 0.1) is 11.7 Å². The number of sulfonamides is 1. The summed E-state index contributed by atoms with van der Waals surface area (Å²) in [6.45, 7) is 3.93. The molecule has 118 valence electrons. The molecule has 0 fully saturated rings. The molecule has 0 aliphatic rings. The molecule has 0 aliphatic heterocycles. The average Bonchev–Trinajstić information content (AvgIpc) is 2.37. The summed E-state index contributed by atoms with van der Waals surface area (Å²) < 4.78 is 36.2. The zero-order chi connectivity index (χ0) is 16.0. The number of benzene rings is 1. The summed E-state index contributed by atoms with van der Waals surface area (Å²) in [5.74, 6) is -1.17. The van der Waals surface area contributed by atoms with Gasteiger partial charge in [-0.05, 0) is 31.0 Å². The van der Waals surface area contributed by atoms with E-state index in [0.29, 0.717) is 12.8 Å². The van der Waals surface area contributed by atoms with Crippen molar-refractivity contribution in [2.24, 2.45) is 11.1 Å². The van der Waals surface area contributed by atoms with E-state index in [0.717, 1.165) is 31.0 Å². The van der Waals surface area contributed by atoms with Gasteiger partial charge in [-0.3, -0.25) is 4.79 Å². The van der Waals surface area contributed by atoms with Gasteiger partial charge in [-0.25, -0.2) is 17.9 Å². The number of halogens is 1. The number of amides is 1. The fourth-order valence-corrected chi connectivity index (χ4v) is 2.86. The van der Waals surface area contributed by atoms with E-state index in [4.69, 9.17) is 5.14 Å². The lowest BCUT2D eigenvalue weighted by molar-refractivity contribution is -0.120. The van der Waals surface area contributed by atoms with Crippen LogP contribution in [0.25, 0.3) is 0 Å². The Kier molecular flexibility index (Phi) is 6.29. The Balaban J connectivity index is 3.06. The quantitative estimate of drug-likeness (QED) is 0.810. The molecule has 0 spiro atoms. The van der Waals surface area contributed by atoms with Gasteiger partial charge >= 0.3 is 0 Å². The fraction of sp³-hybridized carbons (Fsp3) is 0.500. The van der Waals surface area contributed by atoms with Crippen molar-refractivity contribution < 1.29 is 17.6 Å². The summed E-state index contributed by atoms with van der Waals surface area (Å²) >= 11 is 0. The highest BCUT2D eigenvalue weighted by Crippen LogP contribution is 2.23. The van der Waals surface area contributed by atoms with Crippen molar-refractivity contribution in [2.45, 2.75) is 44.4 Å². The van der Waals surface area contributed by atoms with E-state index in [1.54, 1.807) is 0 Å². The van der Waals surface area contributed by atoms with Crippen LogP contribution < -0.4 is 10.5 Å². The summed E-state index contributed by atoms with van der Waals surface area (Å²) in [6.07, 6.45) is 3.06. The van der Waals surface area contributed by atoms with Crippen LogP contribution in [0.15, 0.2) is 23.1 Å². The number of carbonyl (C=O) groups excluding carboxylic acids is 1. The van der Waals surface area contributed by atoms with Gasteiger partial charge in [0.1, 0.15) is 10.7 Å². The number of hydrogen-bond acceptors (Lipinski definition) is 3. The van der Waals surface area contributed by atoms with Crippen LogP contribution in [-0.2, 0) is 14.8 Å². The van der Waals surface area contributed by atoms with Gasteiger partial charge in [0.25, 0.3) is 0 Å². The minimum absolute atomic E-state index is 0.111. The first-order valence-corrected chi connectivity index (χ1v) is 8.47. The molecule has 0 aromatic heterocycles. The van der Waals surface area contributed by atoms with Crippen molar-refractivity contribution in [3.8, 4) is 0 Å². The number of carbonyl (C=O) groups is 1. The third-order valence-corrected chi connectivity index (χ3v) is 4.12. The average molecular weight is 316 g/mol. The molecule has 0 saturated carbocycles. The van der Waals surface area contributed by atoms with E-state index in [1.807, 2.05) is 13.8 Å². The standard InChI is InChI=1S/C14H21FN2O3S/c1-3-5-10(6-4-2)14(18)17-12-9-11(15)7-8-13(12)21(16,19)20/h7-10H,3-6H2,1-2H3,(H,17,18)(H2,16,19,20). The molecule has 1 aromatic rings. The Morgan fingerprint density at radius 1 is 1.29 bits per heavy atom. The van der Waals surface area contributed by atoms with Gasteiger partial charge < -0.3 is 5.32 Å². The van der Waals surface area contributed by atoms with Crippen LogP contribution in [0.4, 0.5) is 10.1 Å². The number of hydrogen-bond donors (Lipinski definition) is 2. The maximum atomic E-state index is 13.3. The summed E-state index contributed by atoms with van der Waals surface area (Å²) in [5, 5.41) is 7.56. The number of anilines is 1. The molecule has 0 heterocycles. The summed E-state index contributed by atoms with van der Waals surface area (Å²) in [6, 6.07) is 3.01. The lowest BCUT2D eigenvalue weighted by atomic mass is 9.97. The van der Waals surface area contributed by atoms with Gasteiger partial charge in [0.05, 0.1) is 5.69 Å². The third-order valence-electron chi connectivity index (χ3n) is 3.15. The number of rotatable bonds is 7. The number of nitrogens with one attached hydrogen (secondary N) is 1. The molecular weight excluding hydrogens is 295 g/mol. The largest absolute Gasteiger partial charge is 0.325 e.